The second-order valence-electron chi connectivity index (χ2n) is 8.04. The Morgan fingerprint density at radius 3 is 2.14 bits per heavy atom. The van der Waals surface area contributed by atoms with Crippen molar-refractivity contribution >= 4 is 10.1 Å². The third-order valence-corrected chi connectivity index (χ3v) is 5.61. The van der Waals surface area contributed by atoms with Crippen LogP contribution in [0.1, 0.15) is 56.7 Å². The van der Waals surface area contributed by atoms with Crippen LogP contribution in [0.5, 0.6) is 5.75 Å². The molecule has 2 aromatic rings. The van der Waals surface area contributed by atoms with E-state index in [1.807, 2.05) is 30.3 Å². The summed E-state index contributed by atoms with van der Waals surface area (Å²) in [5.41, 5.74) is 8.81. The average Bonchev–Trinajstić information content (AvgIpc) is 2.65. The molecule has 2 rings (SSSR count). The molecule has 160 valence electrons. The summed E-state index contributed by atoms with van der Waals surface area (Å²) in [5, 5.41) is 0. The van der Waals surface area contributed by atoms with Gasteiger partial charge in [0.25, 0.3) is 0 Å². The Hall–Kier alpha value is -1.89. The van der Waals surface area contributed by atoms with Gasteiger partial charge in [-0.2, -0.15) is 8.42 Å². The van der Waals surface area contributed by atoms with Crippen LogP contribution in [0.3, 0.4) is 0 Å². The van der Waals surface area contributed by atoms with Crippen LogP contribution in [0.4, 0.5) is 0 Å². The normalized spacial score (nSPS) is 13.3. The van der Waals surface area contributed by atoms with Crippen molar-refractivity contribution in [2.24, 2.45) is 5.73 Å². The van der Waals surface area contributed by atoms with Crippen LogP contribution in [0.2, 0.25) is 0 Å². The van der Waals surface area contributed by atoms with E-state index >= 15 is 0 Å². The highest BCUT2D eigenvalue weighted by Gasteiger charge is 2.23. The van der Waals surface area contributed by atoms with Crippen LogP contribution in [-0.2, 0) is 16.7 Å². The van der Waals surface area contributed by atoms with E-state index in [0.29, 0.717) is 24.4 Å². The molecule has 0 bridgehead atoms. The first-order valence-electron chi connectivity index (χ1n) is 10.2. The van der Waals surface area contributed by atoms with Gasteiger partial charge in [0.2, 0.25) is 0 Å². The van der Waals surface area contributed by atoms with Crippen molar-refractivity contribution in [2.75, 3.05) is 12.8 Å². The average molecular weight is 419 g/mol. The van der Waals surface area contributed by atoms with E-state index in [9.17, 15) is 8.42 Å². The van der Waals surface area contributed by atoms with E-state index in [2.05, 4.69) is 44.7 Å². The highest BCUT2D eigenvalue weighted by molar-refractivity contribution is 7.86. The summed E-state index contributed by atoms with van der Waals surface area (Å²) in [4.78, 5) is 2.44. The Morgan fingerprint density at radius 2 is 1.62 bits per heavy atom. The lowest BCUT2D eigenvalue weighted by atomic mass is 9.86. The molecule has 0 radical (unpaired) electrons. The predicted octanol–water partition coefficient (Wildman–Crippen LogP) is 4.12. The largest absolute Gasteiger partial charge is 0.382 e. The van der Waals surface area contributed by atoms with E-state index < -0.39 is 10.1 Å². The lowest BCUT2D eigenvalue weighted by Gasteiger charge is -2.32. The zero-order valence-electron chi connectivity index (χ0n) is 18.1. The van der Waals surface area contributed by atoms with Crippen molar-refractivity contribution in [1.29, 1.82) is 0 Å². The highest BCUT2D eigenvalue weighted by atomic mass is 32.2. The molecular formula is C23H34N2O3S. The van der Waals surface area contributed by atoms with Gasteiger partial charge in [-0.05, 0) is 57.9 Å². The molecule has 1 atom stereocenters. The van der Waals surface area contributed by atoms with Gasteiger partial charge in [-0.1, -0.05) is 42.5 Å². The van der Waals surface area contributed by atoms with Gasteiger partial charge in [-0.25, -0.2) is 0 Å². The Balaban J connectivity index is 2.51. The monoisotopic (exact) mass is 418 g/mol. The van der Waals surface area contributed by atoms with Gasteiger partial charge in [0.1, 0.15) is 5.75 Å². The van der Waals surface area contributed by atoms with Gasteiger partial charge in [0.05, 0.1) is 6.26 Å². The second-order valence-corrected chi connectivity index (χ2v) is 9.62. The van der Waals surface area contributed by atoms with Crippen molar-refractivity contribution < 1.29 is 12.6 Å². The van der Waals surface area contributed by atoms with E-state index in [1.165, 1.54) is 0 Å². The SMILES string of the molecule is CC(C)N(CCC(c1ccccc1)c1cc(CN)ccc1OS(C)(=O)=O)C(C)C. The molecule has 0 heterocycles. The first-order chi connectivity index (χ1) is 13.6. The Bertz CT molecular complexity index is 872. The molecule has 0 amide bonds. The zero-order chi connectivity index (χ0) is 21.6. The van der Waals surface area contributed by atoms with Gasteiger partial charge in [-0.3, -0.25) is 4.90 Å². The molecule has 1 unspecified atom stereocenters. The molecule has 0 aliphatic carbocycles. The van der Waals surface area contributed by atoms with E-state index in [0.717, 1.165) is 35.9 Å². The predicted molar refractivity (Wildman–Crippen MR) is 120 cm³/mol. The maximum atomic E-state index is 11.9. The van der Waals surface area contributed by atoms with Gasteiger partial charge in [0.15, 0.2) is 0 Å². The van der Waals surface area contributed by atoms with Crippen LogP contribution in [0.15, 0.2) is 48.5 Å². The molecule has 0 saturated heterocycles. The third-order valence-electron chi connectivity index (χ3n) is 5.13. The Labute approximate surface area is 176 Å². The lowest BCUT2D eigenvalue weighted by Crippen LogP contribution is -2.38. The van der Waals surface area contributed by atoms with Crippen LogP contribution >= 0.6 is 0 Å². The first kappa shape index (κ1) is 23.4. The van der Waals surface area contributed by atoms with Gasteiger partial charge in [-0.15, -0.1) is 0 Å². The molecule has 0 aliphatic heterocycles. The number of nitrogens with zero attached hydrogens (tertiary/aromatic N) is 1. The highest BCUT2D eigenvalue weighted by Crippen LogP contribution is 2.36. The Morgan fingerprint density at radius 1 is 1.00 bits per heavy atom. The molecule has 0 aliphatic rings. The number of benzene rings is 2. The van der Waals surface area contributed by atoms with E-state index in [4.69, 9.17) is 9.92 Å². The fraction of sp³-hybridized carbons (Fsp3) is 0.478. The third kappa shape index (κ3) is 6.84. The van der Waals surface area contributed by atoms with E-state index in [1.54, 1.807) is 6.07 Å². The van der Waals surface area contributed by atoms with Crippen molar-refractivity contribution in [3.63, 3.8) is 0 Å². The maximum absolute atomic E-state index is 11.9. The maximum Gasteiger partial charge on any atom is 0.306 e. The number of rotatable bonds is 10. The summed E-state index contributed by atoms with van der Waals surface area (Å²) < 4.78 is 29.1. The number of nitrogens with two attached hydrogens (primary N) is 1. The minimum absolute atomic E-state index is 0.000509. The summed E-state index contributed by atoms with van der Waals surface area (Å²) in [6.45, 7) is 10.1. The minimum atomic E-state index is -3.63. The van der Waals surface area contributed by atoms with Crippen LogP contribution in [0, 0.1) is 0 Å². The molecule has 0 aromatic heterocycles. The van der Waals surface area contributed by atoms with Crippen molar-refractivity contribution in [1.82, 2.24) is 4.90 Å². The Kier molecular flexibility index (Phi) is 8.25. The van der Waals surface area contributed by atoms with E-state index in [-0.39, 0.29) is 5.92 Å². The molecule has 6 heteroatoms. The summed E-state index contributed by atoms with van der Waals surface area (Å²) in [6.07, 6.45) is 1.92. The smallest absolute Gasteiger partial charge is 0.306 e. The summed E-state index contributed by atoms with van der Waals surface area (Å²) in [7, 11) is -3.63. The number of hydrogen-bond donors (Lipinski definition) is 1. The molecule has 0 saturated carbocycles. The lowest BCUT2D eigenvalue weighted by molar-refractivity contribution is 0.170. The zero-order valence-corrected chi connectivity index (χ0v) is 18.9. The molecular weight excluding hydrogens is 384 g/mol. The summed E-state index contributed by atoms with van der Waals surface area (Å²) in [5.74, 6) is 0.374. The summed E-state index contributed by atoms with van der Waals surface area (Å²) in [6, 6.07) is 16.5. The molecule has 2 aromatic carbocycles. The molecule has 2 N–H and O–H groups in total. The van der Waals surface area contributed by atoms with Crippen LogP contribution in [0.25, 0.3) is 0 Å². The standard InChI is InChI=1S/C23H34N2O3S/c1-17(2)25(18(3)4)14-13-21(20-9-7-6-8-10-20)22-15-19(16-24)11-12-23(22)28-29(5,26)27/h6-12,15,17-18,21H,13-14,16,24H2,1-5H3. The van der Waals surface area contributed by atoms with Crippen LogP contribution in [-0.4, -0.2) is 38.2 Å². The molecule has 5 nitrogen and oxygen atoms in total. The first-order valence-corrected chi connectivity index (χ1v) is 12.0. The van der Waals surface area contributed by atoms with Crippen LogP contribution < -0.4 is 9.92 Å². The molecule has 0 fully saturated rings. The van der Waals surface area contributed by atoms with Gasteiger partial charge >= 0.3 is 10.1 Å². The van der Waals surface area contributed by atoms with Gasteiger partial charge in [0, 0.05) is 30.1 Å². The molecule has 29 heavy (non-hydrogen) atoms. The summed E-state index contributed by atoms with van der Waals surface area (Å²) >= 11 is 0. The fourth-order valence-corrected chi connectivity index (χ4v) is 4.29. The second kappa shape index (κ2) is 10.2. The topological polar surface area (TPSA) is 72.6 Å². The van der Waals surface area contributed by atoms with Crippen molar-refractivity contribution in [3.8, 4) is 5.75 Å². The quantitative estimate of drug-likeness (QED) is 0.588. The van der Waals surface area contributed by atoms with Crippen molar-refractivity contribution in [3.05, 3.63) is 65.2 Å². The minimum Gasteiger partial charge on any atom is -0.382 e. The molecule has 0 spiro atoms. The number of hydrogen-bond acceptors (Lipinski definition) is 5. The van der Waals surface area contributed by atoms with Crippen molar-refractivity contribution in [2.45, 2.75) is 58.7 Å². The van der Waals surface area contributed by atoms with Gasteiger partial charge < -0.3 is 9.92 Å². The fourth-order valence-electron chi connectivity index (χ4n) is 3.81.